The van der Waals surface area contributed by atoms with Gasteiger partial charge in [0.1, 0.15) is 0 Å². The third-order valence-electron chi connectivity index (χ3n) is 6.53. The second-order valence-electron chi connectivity index (χ2n) is 7.94. The minimum atomic E-state index is -0.153. The van der Waals surface area contributed by atoms with Crippen LogP contribution >= 0.6 is 0 Å². The Hall–Kier alpha value is -3.38. The summed E-state index contributed by atoms with van der Waals surface area (Å²) in [5.74, 6) is 0. The zero-order valence-electron chi connectivity index (χ0n) is 15.8. The maximum atomic E-state index is 2.39. The zero-order valence-corrected chi connectivity index (χ0v) is 15.8. The second-order valence-corrected chi connectivity index (χ2v) is 7.94. The standard InChI is InChI=1S/C28H20/c1-28(22-16-14-19-8-2-3-10-21(19)18-22)25-13-7-6-12-24(25)27-23-11-5-4-9-20(23)15-17-26(27)28/h2-18H,1H3. The van der Waals surface area contributed by atoms with Crippen molar-refractivity contribution in [2.75, 3.05) is 0 Å². The van der Waals surface area contributed by atoms with Crippen molar-refractivity contribution in [3.63, 3.8) is 0 Å². The van der Waals surface area contributed by atoms with Crippen LogP contribution in [0.3, 0.4) is 0 Å². The Balaban J connectivity index is 1.73. The minimum absolute atomic E-state index is 0.153. The van der Waals surface area contributed by atoms with Gasteiger partial charge in [-0.2, -0.15) is 0 Å². The fraction of sp³-hybridized carbons (Fsp3) is 0.0714. The largest absolute Gasteiger partial charge is 0.0619 e. The molecule has 28 heavy (non-hydrogen) atoms. The Kier molecular flexibility index (Phi) is 3.11. The molecule has 6 rings (SSSR count). The molecule has 0 fully saturated rings. The molecule has 0 bridgehead atoms. The average Bonchev–Trinajstić information content (AvgIpc) is 3.04. The smallest absolute Gasteiger partial charge is 0.0435 e. The Morgan fingerprint density at radius 2 is 1.21 bits per heavy atom. The van der Waals surface area contributed by atoms with Gasteiger partial charge in [-0.05, 0) is 62.4 Å². The first-order chi connectivity index (χ1) is 13.8. The molecule has 0 aromatic heterocycles. The summed E-state index contributed by atoms with van der Waals surface area (Å²) in [5.41, 5.74) is 6.77. The summed E-state index contributed by atoms with van der Waals surface area (Å²) in [7, 11) is 0. The normalized spacial score (nSPS) is 17.6. The highest BCUT2D eigenvalue weighted by Crippen LogP contribution is 2.54. The van der Waals surface area contributed by atoms with Crippen LogP contribution in [-0.4, -0.2) is 0 Å². The highest BCUT2D eigenvalue weighted by Gasteiger charge is 2.41. The number of hydrogen-bond donors (Lipinski definition) is 0. The molecule has 0 saturated carbocycles. The van der Waals surface area contributed by atoms with Crippen molar-refractivity contribution in [2.24, 2.45) is 0 Å². The van der Waals surface area contributed by atoms with Gasteiger partial charge < -0.3 is 0 Å². The number of hydrogen-bond acceptors (Lipinski definition) is 0. The van der Waals surface area contributed by atoms with Crippen LogP contribution in [0.5, 0.6) is 0 Å². The van der Waals surface area contributed by atoms with Crippen molar-refractivity contribution >= 4 is 21.5 Å². The molecule has 0 heterocycles. The van der Waals surface area contributed by atoms with Crippen molar-refractivity contribution < 1.29 is 0 Å². The van der Waals surface area contributed by atoms with Gasteiger partial charge in [-0.3, -0.25) is 0 Å². The third kappa shape index (κ3) is 1.95. The first kappa shape index (κ1) is 15.7. The van der Waals surface area contributed by atoms with E-state index in [4.69, 9.17) is 0 Å². The van der Waals surface area contributed by atoms with Gasteiger partial charge in [0.05, 0.1) is 0 Å². The predicted molar refractivity (Wildman–Crippen MR) is 119 cm³/mol. The average molecular weight is 356 g/mol. The molecule has 0 saturated heterocycles. The van der Waals surface area contributed by atoms with E-state index >= 15 is 0 Å². The summed E-state index contributed by atoms with van der Waals surface area (Å²) in [5, 5.41) is 5.24. The minimum Gasteiger partial charge on any atom is -0.0619 e. The van der Waals surface area contributed by atoms with Crippen molar-refractivity contribution in [3.05, 3.63) is 120 Å². The van der Waals surface area contributed by atoms with Crippen molar-refractivity contribution in [1.82, 2.24) is 0 Å². The molecule has 0 nitrogen and oxygen atoms in total. The second kappa shape index (κ2) is 5.56. The number of rotatable bonds is 1. The topological polar surface area (TPSA) is 0 Å². The molecular weight excluding hydrogens is 336 g/mol. The molecule has 0 amide bonds. The molecule has 0 heteroatoms. The molecule has 0 aliphatic heterocycles. The lowest BCUT2D eigenvalue weighted by molar-refractivity contribution is 0.715. The Morgan fingerprint density at radius 1 is 0.536 bits per heavy atom. The summed E-state index contributed by atoms with van der Waals surface area (Å²) in [6.45, 7) is 2.39. The molecule has 132 valence electrons. The first-order valence-corrected chi connectivity index (χ1v) is 9.88. The van der Waals surface area contributed by atoms with Gasteiger partial charge in [0, 0.05) is 5.41 Å². The monoisotopic (exact) mass is 356 g/mol. The van der Waals surface area contributed by atoms with Crippen LogP contribution in [0.1, 0.15) is 23.6 Å². The lowest BCUT2D eigenvalue weighted by atomic mass is 9.73. The van der Waals surface area contributed by atoms with Crippen LogP contribution in [-0.2, 0) is 5.41 Å². The maximum absolute atomic E-state index is 2.39. The van der Waals surface area contributed by atoms with Crippen LogP contribution in [0.15, 0.2) is 103 Å². The van der Waals surface area contributed by atoms with Crippen LogP contribution in [0.25, 0.3) is 32.7 Å². The van der Waals surface area contributed by atoms with Crippen LogP contribution in [0, 0.1) is 0 Å². The van der Waals surface area contributed by atoms with E-state index in [0.717, 1.165) is 0 Å². The van der Waals surface area contributed by atoms with E-state index in [1.165, 1.54) is 49.4 Å². The zero-order chi connectivity index (χ0) is 18.7. The van der Waals surface area contributed by atoms with Gasteiger partial charge in [-0.15, -0.1) is 0 Å². The van der Waals surface area contributed by atoms with Crippen molar-refractivity contribution in [2.45, 2.75) is 12.3 Å². The van der Waals surface area contributed by atoms with Gasteiger partial charge in [0.15, 0.2) is 0 Å². The predicted octanol–water partition coefficient (Wildman–Crippen LogP) is 7.33. The van der Waals surface area contributed by atoms with Crippen LogP contribution in [0.4, 0.5) is 0 Å². The summed E-state index contributed by atoms with van der Waals surface area (Å²) in [6.07, 6.45) is 0. The lowest BCUT2D eigenvalue weighted by Crippen LogP contribution is -2.22. The molecule has 1 atom stereocenters. The summed E-state index contributed by atoms with van der Waals surface area (Å²) in [6, 6.07) is 37.9. The highest BCUT2D eigenvalue weighted by atomic mass is 14.4. The molecule has 0 radical (unpaired) electrons. The van der Waals surface area contributed by atoms with Gasteiger partial charge >= 0.3 is 0 Å². The van der Waals surface area contributed by atoms with Crippen molar-refractivity contribution in [3.8, 4) is 11.1 Å². The van der Waals surface area contributed by atoms with Gasteiger partial charge in [-0.25, -0.2) is 0 Å². The quantitative estimate of drug-likeness (QED) is 0.295. The SMILES string of the molecule is CC1(c2ccc3ccccc3c2)c2ccccc2-c2c1ccc1ccccc21. The van der Waals surface area contributed by atoms with E-state index < -0.39 is 0 Å². The van der Waals surface area contributed by atoms with Crippen molar-refractivity contribution in [1.29, 1.82) is 0 Å². The fourth-order valence-electron chi connectivity index (χ4n) is 5.07. The van der Waals surface area contributed by atoms with Crippen LogP contribution < -0.4 is 0 Å². The van der Waals surface area contributed by atoms with Gasteiger partial charge in [-0.1, -0.05) is 97.1 Å². The maximum Gasteiger partial charge on any atom is 0.0435 e. The summed E-state index contributed by atoms with van der Waals surface area (Å²) < 4.78 is 0. The van der Waals surface area contributed by atoms with Crippen LogP contribution in [0.2, 0.25) is 0 Å². The molecular formula is C28H20. The number of benzene rings is 5. The lowest BCUT2D eigenvalue weighted by Gasteiger charge is -2.28. The Bertz CT molecular complexity index is 1380. The van der Waals surface area contributed by atoms with Gasteiger partial charge in [0.2, 0.25) is 0 Å². The third-order valence-corrected chi connectivity index (χ3v) is 6.53. The van der Waals surface area contributed by atoms with E-state index in [1.807, 2.05) is 0 Å². The highest BCUT2D eigenvalue weighted by molar-refractivity contribution is 6.03. The fourth-order valence-corrected chi connectivity index (χ4v) is 5.07. The van der Waals surface area contributed by atoms with Gasteiger partial charge in [0.25, 0.3) is 0 Å². The molecule has 0 spiro atoms. The summed E-state index contributed by atoms with van der Waals surface area (Å²) >= 11 is 0. The molecule has 5 aromatic rings. The van der Waals surface area contributed by atoms with E-state index in [9.17, 15) is 0 Å². The number of fused-ring (bicyclic) bond motifs is 6. The van der Waals surface area contributed by atoms with E-state index in [2.05, 4.69) is 110 Å². The molecule has 1 aliphatic rings. The molecule has 5 aromatic carbocycles. The first-order valence-electron chi connectivity index (χ1n) is 9.88. The van der Waals surface area contributed by atoms with E-state index in [1.54, 1.807) is 0 Å². The molecule has 0 N–H and O–H groups in total. The van der Waals surface area contributed by atoms with E-state index in [-0.39, 0.29) is 5.41 Å². The van der Waals surface area contributed by atoms with E-state index in [0.29, 0.717) is 0 Å². The Morgan fingerprint density at radius 3 is 2.11 bits per heavy atom. The summed E-state index contributed by atoms with van der Waals surface area (Å²) in [4.78, 5) is 0. The molecule has 1 unspecified atom stereocenters. The Labute approximate surface area is 165 Å². The molecule has 1 aliphatic carbocycles.